The standard InChI is InChI=1S/C34H60O/c1-8-9-10-11-12-13-14-15-16-18-21-27(2)30-24-29(34(6,7)26-33(3,4)5)25-31(32(30)35)28-22-19-17-20-23-28/h24-25,27-28,35H,8-23,26H2,1-7H3. The molecule has 2 rings (SSSR count). The highest BCUT2D eigenvalue weighted by Gasteiger charge is 2.31. The first-order chi connectivity index (χ1) is 16.5. The molecule has 1 fully saturated rings. The molecule has 35 heavy (non-hydrogen) atoms. The summed E-state index contributed by atoms with van der Waals surface area (Å²) in [6.45, 7) is 16.5. The average molecular weight is 485 g/mol. The minimum absolute atomic E-state index is 0.112. The lowest BCUT2D eigenvalue weighted by atomic mass is 9.70. The van der Waals surface area contributed by atoms with Crippen molar-refractivity contribution in [3.8, 4) is 5.75 Å². The number of aromatic hydroxyl groups is 1. The molecule has 1 nitrogen and oxygen atoms in total. The van der Waals surface area contributed by atoms with Crippen molar-refractivity contribution < 1.29 is 5.11 Å². The number of hydrogen-bond donors (Lipinski definition) is 1. The van der Waals surface area contributed by atoms with E-state index in [2.05, 4.69) is 60.6 Å². The zero-order valence-corrected chi connectivity index (χ0v) is 24.8. The Morgan fingerprint density at radius 1 is 0.800 bits per heavy atom. The van der Waals surface area contributed by atoms with Gasteiger partial charge < -0.3 is 5.11 Å². The average Bonchev–Trinajstić information content (AvgIpc) is 2.79. The molecule has 1 heteroatoms. The number of rotatable bonds is 15. The van der Waals surface area contributed by atoms with Crippen LogP contribution in [0.1, 0.15) is 186 Å². The highest BCUT2D eigenvalue weighted by atomic mass is 16.3. The molecule has 0 aromatic heterocycles. The molecular formula is C34H60O. The summed E-state index contributed by atoms with van der Waals surface area (Å²) < 4.78 is 0. The van der Waals surface area contributed by atoms with Crippen molar-refractivity contribution >= 4 is 0 Å². The molecule has 0 heterocycles. The minimum atomic E-state index is 0.112. The van der Waals surface area contributed by atoms with Crippen molar-refractivity contribution in [3.05, 3.63) is 28.8 Å². The van der Waals surface area contributed by atoms with Crippen LogP contribution < -0.4 is 0 Å². The molecule has 0 spiro atoms. The van der Waals surface area contributed by atoms with Crippen LogP contribution in [0.4, 0.5) is 0 Å². The molecule has 0 aliphatic heterocycles. The van der Waals surface area contributed by atoms with Crippen LogP contribution in [0, 0.1) is 5.41 Å². The van der Waals surface area contributed by atoms with E-state index in [1.54, 1.807) is 0 Å². The van der Waals surface area contributed by atoms with E-state index in [1.165, 1.54) is 119 Å². The first kappa shape index (κ1) is 30.2. The van der Waals surface area contributed by atoms with Crippen molar-refractivity contribution in [1.82, 2.24) is 0 Å². The van der Waals surface area contributed by atoms with E-state index in [4.69, 9.17) is 0 Å². The Bertz CT molecular complexity index is 717. The zero-order valence-electron chi connectivity index (χ0n) is 24.8. The first-order valence-electron chi connectivity index (χ1n) is 15.4. The van der Waals surface area contributed by atoms with Gasteiger partial charge in [-0.2, -0.15) is 0 Å². The fraction of sp³-hybridized carbons (Fsp3) is 0.824. The minimum Gasteiger partial charge on any atom is -0.507 e. The largest absolute Gasteiger partial charge is 0.507 e. The predicted octanol–water partition coefficient (Wildman–Crippen LogP) is 11.6. The van der Waals surface area contributed by atoms with Crippen LogP contribution in [0.5, 0.6) is 5.75 Å². The van der Waals surface area contributed by atoms with Crippen LogP contribution in [0.3, 0.4) is 0 Å². The SMILES string of the molecule is CCCCCCCCCCCCC(C)c1cc(C(C)(C)CC(C)(C)C)cc(C2CCCCC2)c1O. The summed E-state index contributed by atoms with van der Waals surface area (Å²) in [5.74, 6) is 1.60. The van der Waals surface area contributed by atoms with E-state index in [-0.39, 0.29) is 10.8 Å². The monoisotopic (exact) mass is 484 g/mol. The topological polar surface area (TPSA) is 20.2 Å². The maximum atomic E-state index is 11.5. The Morgan fingerprint density at radius 2 is 1.34 bits per heavy atom. The molecule has 0 bridgehead atoms. The number of benzene rings is 1. The maximum absolute atomic E-state index is 11.5. The van der Waals surface area contributed by atoms with E-state index in [0.29, 0.717) is 17.6 Å². The Kier molecular flexibility index (Phi) is 12.7. The lowest BCUT2D eigenvalue weighted by molar-refractivity contribution is 0.283. The summed E-state index contributed by atoms with van der Waals surface area (Å²) in [5, 5.41) is 11.5. The third kappa shape index (κ3) is 10.5. The number of phenols is 1. The van der Waals surface area contributed by atoms with Gasteiger partial charge in [0.15, 0.2) is 0 Å². The van der Waals surface area contributed by atoms with E-state index in [1.807, 2.05) is 0 Å². The fourth-order valence-electron chi connectivity index (χ4n) is 6.69. The lowest BCUT2D eigenvalue weighted by Crippen LogP contribution is -2.25. The Labute approximate surface area is 219 Å². The Hall–Kier alpha value is -0.980. The highest BCUT2D eigenvalue weighted by Crippen LogP contribution is 2.45. The second-order valence-corrected chi connectivity index (χ2v) is 13.8. The summed E-state index contributed by atoms with van der Waals surface area (Å²) in [4.78, 5) is 0. The third-order valence-electron chi connectivity index (χ3n) is 8.49. The Morgan fingerprint density at radius 3 is 1.89 bits per heavy atom. The molecule has 0 saturated heterocycles. The normalized spacial score (nSPS) is 16.5. The van der Waals surface area contributed by atoms with Gasteiger partial charge in [-0.05, 0) is 65.0 Å². The van der Waals surface area contributed by atoms with Crippen molar-refractivity contribution in [2.45, 2.75) is 175 Å². The van der Waals surface area contributed by atoms with Gasteiger partial charge in [0.25, 0.3) is 0 Å². The molecule has 0 radical (unpaired) electrons. The quantitative estimate of drug-likeness (QED) is 0.245. The second-order valence-electron chi connectivity index (χ2n) is 13.8. The van der Waals surface area contributed by atoms with Crippen molar-refractivity contribution in [1.29, 1.82) is 0 Å². The van der Waals surface area contributed by atoms with Gasteiger partial charge >= 0.3 is 0 Å². The third-order valence-corrected chi connectivity index (χ3v) is 8.49. The zero-order chi connectivity index (χ0) is 25.9. The van der Waals surface area contributed by atoms with Crippen LogP contribution >= 0.6 is 0 Å². The summed E-state index contributed by atoms with van der Waals surface area (Å²) >= 11 is 0. The smallest absolute Gasteiger partial charge is 0.122 e. The van der Waals surface area contributed by atoms with Crippen molar-refractivity contribution in [2.75, 3.05) is 0 Å². The van der Waals surface area contributed by atoms with Gasteiger partial charge in [0.05, 0.1) is 0 Å². The molecule has 1 unspecified atom stereocenters. The number of phenolic OH excluding ortho intramolecular Hbond substituents is 1. The molecule has 1 aliphatic carbocycles. The molecule has 1 atom stereocenters. The summed E-state index contributed by atoms with van der Waals surface area (Å²) in [6, 6.07) is 4.78. The van der Waals surface area contributed by atoms with Crippen LogP contribution in [-0.2, 0) is 5.41 Å². The van der Waals surface area contributed by atoms with Crippen LogP contribution in [0.25, 0.3) is 0 Å². The molecule has 1 aromatic carbocycles. The summed E-state index contributed by atoms with van der Waals surface area (Å²) in [7, 11) is 0. The highest BCUT2D eigenvalue weighted by molar-refractivity contribution is 5.49. The lowest BCUT2D eigenvalue weighted by Gasteiger charge is -2.35. The van der Waals surface area contributed by atoms with Gasteiger partial charge in [0, 0.05) is 0 Å². The van der Waals surface area contributed by atoms with Crippen LogP contribution in [-0.4, -0.2) is 5.11 Å². The van der Waals surface area contributed by atoms with Crippen molar-refractivity contribution in [2.24, 2.45) is 5.41 Å². The van der Waals surface area contributed by atoms with Crippen molar-refractivity contribution in [3.63, 3.8) is 0 Å². The molecule has 202 valence electrons. The van der Waals surface area contributed by atoms with Gasteiger partial charge in [-0.15, -0.1) is 0 Å². The molecule has 0 amide bonds. The van der Waals surface area contributed by atoms with Crippen LogP contribution in [0.2, 0.25) is 0 Å². The van der Waals surface area contributed by atoms with Gasteiger partial charge in [-0.3, -0.25) is 0 Å². The summed E-state index contributed by atoms with van der Waals surface area (Å²) in [5.41, 5.74) is 4.32. The number of hydrogen-bond acceptors (Lipinski definition) is 1. The molecule has 1 aliphatic rings. The van der Waals surface area contributed by atoms with Crippen LogP contribution in [0.15, 0.2) is 12.1 Å². The number of unbranched alkanes of at least 4 members (excludes halogenated alkanes) is 9. The Balaban J connectivity index is 2.04. The molecular weight excluding hydrogens is 424 g/mol. The molecule has 1 N–H and O–H groups in total. The van der Waals surface area contributed by atoms with Gasteiger partial charge in [-0.1, -0.05) is 144 Å². The molecule has 1 aromatic rings. The van der Waals surface area contributed by atoms with Gasteiger partial charge in [0.2, 0.25) is 0 Å². The van der Waals surface area contributed by atoms with E-state index < -0.39 is 0 Å². The first-order valence-corrected chi connectivity index (χ1v) is 15.4. The summed E-state index contributed by atoms with van der Waals surface area (Å²) in [6.07, 6.45) is 22.6. The second kappa shape index (κ2) is 14.7. The predicted molar refractivity (Wildman–Crippen MR) is 156 cm³/mol. The maximum Gasteiger partial charge on any atom is 0.122 e. The van der Waals surface area contributed by atoms with E-state index >= 15 is 0 Å². The van der Waals surface area contributed by atoms with Gasteiger partial charge in [0.1, 0.15) is 5.75 Å². The van der Waals surface area contributed by atoms with Gasteiger partial charge in [-0.25, -0.2) is 0 Å². The van der Waals surface area contributed by atoms with E-state index in [0.717, 1.165) is 6.42 Å². The van der Waals surface area contributed by atoms with E-state index in [9.17, 15) is 5.11 Å². The molecule has 1 saturated carbocycles. The fourth-order valence-corrected chi connectivity index (χ4v) is 6.69.